The Balaban J connectivity index is 3.44. The minimum Gasteiger partial charge on any atom is -0.395 e. The lowest BCUT2D eigenvalue weighted by atomic mass is 10.2. The first kappa shape index (κ1) is 23.4. The van der Waals surface area contributed by atoms with Crippen LogP contribution in [-0.4, -0.2) is 24.2 Å². The molecule has 0 aromatic carbocycles. The fraction of sp³-hybridized carbons (Fsp3) is 0.591. The highest BCUT2D eigenvalue weighted by Gasteiger charge is 1.97. The molecule has 1 amide bonds. The summed E-state index contributed by atoms with van der Waals surface area (Å²) in [5.41, 5.74) is 0. The SMILES string of the molecule is CCCCC/C=C\C/C=C/C/C=C/C/C=C/CCCC(=O)NCCO. The van der Waals surface area contributed by atoms with Gasteiger partial charge in [0, 0.05) is 13.0 Å². The van der Waals surface area contributed by atoms with Gasteiger partial charge in [0.05, 0.1) is 6.61 Å². The van der Waals surface area contributed by atoms with Crippen molar-refractivity contribution in [3.63, 3.8) is 0 Å². The van der Waals surface area contributed by atoms with Crippen LogP contribution in [0.15, 0.2) is 48.6 Å². The number of carbonyl (C=O) groups excluding carboxylic acids is 1. The van der Waals surface area contributed by atoms with Crippen molar-refractivity contribution in [1.29, 1.82) is 0 Å². The number of aliphatic hydroxyl groups is 1. The molecule has 0 saturated carbocycles. The molecule has 142 valence electrons. The number of rotatable bonds is 16. The molecule has 2 N–H and O–H groups in total. The van der Waals surface area contributed by atoms with E-state index in [-0.39, 0.29) is 12.5 Å². The first-order valence-electron chi connectivity index (χ1n) is 9.78. The summed E-state index contributed by atoms with van der Waals surface area (Å²) < 4.78 is 0. The number of hydrogen-bond donors (Lipinski definition) is 2. The van der Waals surface area contributed by atoms with Crippen LogP contribution < -0.4 is 5.32 Å². The second kappa shape index (κ2) is 20.4. The van der Waals surface area contributed by atoms with Crippen molar-refractivity contribution >= 4 is 5.91 Å². The summed E-state index contributed by atoms with van der Waals surface area (Å²) in [5, 5.41) is 11.2. The molecule has 0 bridgehead atoms. The molecule has 0 spiro atoms. The second-order valence-electron chi connectivity index (χ2n) is 6.05. The summed E-state index contributed by atoms with van der Waals surface area (Å²) in [5.74, 6) is 0.0185. The zero-order chi connectivity index (χ0) is 18.4. The number of unbranched alkanes of at least 4 members (excludes halogenated alkanes) is 4. The summed E-state index contributed by atoms with van der Waals surface area (Å²) in [4.78, 5) is 11.3. The van der Waals surface area contributed by atoms with Gasteiger partial charge in [-0.3, -0.25) is 4.79 Å². The Morgan fingerprint density at radius 1 is 0.800 bits per heavy atom. The number of allylic oxidation sites excluding steroid dienone is 8. The van der Waals surface area contributed by atoms with E-state index < -0.39 is 0 Å². The molecule has 0 unspecified atom stereocenters. The fourth-order valence-corrected chi connectivity index (χ4v) is 2.23. The number of carbonyl (C=O) groups is 1. The molecule has 0 saturated heterocycles. The highest BCUT2D eigenvalue weighted by Crippen LogP contribution is 2.01. The Hall–Kier alpha value is -1.61. The molecule has 0 aliphatic rings. The van der Waals surface area contributed by atoms with E-state index in [4.69, 9.17) is 5.11 Å². The lowest BCUT2D eigenvalue weighted by Crippen LogP contribution is -2.25. The van der Waals surface area contributed by atoms with Gasteiger partial charge in [-0.05, 0) is 44.9 Å². The van der Waals surface area contributed by atoms with Crippen LogP contribution in [0.4, 0.5) is 0 Å². The van der Waals surface area contributed by atoms with Gasteiger partial charge in [-0.25, -0.2) is 0 Å². The van der Waals surface area contributed by atoms with Crippen molar-refractivity contribution in [3.8, 4) is 0 Å². The average molecular weight is 348 g/mol. The van der Waals surface area contributed by atoms with E-state index in [1.807, 2.05) is 0 Å². The van der Waals surface area contributed by atoms with Crippen molar-refractivity contribution in [1.82, 2.24) is 5.32 Å². The highest BCUT2D eigenvalue weighted by molar-refractivity contribution is 5.75. The minimum absolute atomic E-state index is 0.00289. The van der Waals surface area contributed by atoms with E-state index in [9.17, 15) is 4.79 Å². The van der Waals surface area contributed by atoms with Crippen LogP contribution in [0.25, 0.3) is 0 Å². The molecule has 0 radical (unpaired) electrons. The lowest BCUT2D eigenvalue weighted by molar-refractivity contribution is -0.121. The zero-order valence-electron chi connectivity index (χ0n) is 16.0. The van der Waals surface area contributed by atoms with Crippen LogP contribution in [0.1, 0.15) is 71.1 Å². The molecule has 3 nitrogen and oxygen atoms in total. The quantitative estimate of drug-likeness (QED) is 0.296. The molecule has 0 rings (SSSR count). The Bertz CT molecular complexity index is 408. The summed E-state index contributed by atoms with van der Waals surface area (Å²) in [6, 6.07) is 0. The Kier molecular flexibility index (Phi) is 19.1. The Morgan fingerprint density at radius 3 is 1.84 bits per heavy atom. The van der Waals surface area contributed by atoms with Gasteiger partial charge in [-0.2, -0.15) is 0 Å². The molecule has 0 aromatic rings. The van der Waals surface area contributed by atoms with E-state index in [0.29, 0.717) is 13.0 Å². The molecule has 25 heavy (non-hydrogen) atoms. The topological polar surface area (TPSA) is 49.3 Å². The predicted molar refractivity (Wildman–Crippen MR) is 108 cm³/mol. The van der Waals surface area contributed by atoms with Crippen molar-refractivity contribution in [2.24, 2.45) is 0 Å². The number of amides is 1. The standard InChI is InChI=1S/C22H37NO2/c1-2-3-4-5-6-7-8-9-10-11-12-13-14-15-16-17-18-19-22(25)23-20-21-24/h6-7,9-10,12-13,15-16,24H,2-5,8,11,14,17-21H2,1H3,(H,23,25)/b7-6-,10-9+,13-12+,16-15+. The molecule has 0 aromatic heterocycles. The van der Waals surface area contributed by atoms with E-state index in [2.05, 4.69) is 60.8 Å². The fourth-order valence-electron chi connectivity index (χ4n) is 2.23. The molecular formula is C22H37NO2. The number of aliphatic hydroxyl groups excluding tert-OH is 1. The van der Waals surface area contributed by atoms with Gasteiger partial charge in [-0.15, -0.1) is 0 Å². The Labute approximate surface area is 154 Å². The molecule has 3 heteroatoms. The van der Waals surface area contributed by atoms with Crippen molar-refractivity contribution in [2.45, 2.75) is 71.1 Å². The van der Waals surface area contributed by atoms with Crippen LogP contribution in [-0.2, 0) is 4.79 Å². The van der Waals surface area contributed by atoms with Gasteiger partial charge in [0.15, 0.2) is 0 Å². The first-order valence-corrected chi connectivity index (χ1v) is 9.78. The predicted octanol–water partition coefficient (Wildman–Crippen LogP) is 5.24. The normalized spacial score (nSPS) is 12.2. The van der Waals surface area contributed by atoms with Gasteiger partial charge in [-0.1, -0.05) is 68.4 Å². The third-order valence-corrected chi connectivity index (χ3v) is 3.67. The monoisotopic (exact) mass is 347 g/mol. The highest BCUT2D eigenvalue weighted by atomic mass is 16.3. The first-order chi connectivity index (χ1) is 12.3. The second-order valence-corrected chi connectivity index (χ2v) is 6.05. The number of nitrogens with one attached hydrogen (secondary N) is 1. The molecule has 0 aliphatic carbocycles. The smallest absolute Gasteiger partial charge is 0.220 e. The van der Waals surface area contributed by atoms with Crippen molar-refractivity contribution in [2.75, 3.05) is 13.2 Å². The third-order valence-electron chi connectivity index (χ3n) is 3.67. The molecule has 0 aliphatic heterocycles. The number of hydrogen-bond acceptors (Lipinski definition) is 2. The summed E-state index contributed by atoms with van der Waals surface area (Å²) in [6.45, 7) is 2.59. The maximum atomic E-state index is 11.3. The van der Waals surface area contributed by atoms with Crippen LogP contribution in [0, 0.1) is 0 Å². The van der Waals surface area contributed by atoms with Crippen LogP contribution in [0.5, 0.6) is 0 Å². The summed E-state index contributed by atoms with van der Waals surface area (Å²) in [7, 11) is 0. The van der Waals surface area contributed by atoms with Crippen molar-refractivity contribution < 1.29 is 9.90 Å². The summed E-state index contributed by atoms with van der Waals surface area (Å²) >= 11 is 0. The average Bonchev–Trinajstić information content (AvgIpc) is 2.62. The van der Waals surface area contributed by atoms with E-state index in [1.165, 1.54) is 25.7 Å². The van der Waals surface area contributed by atoms with Gasteiger partial charge >= 0.3 is 0 Å². The maximum absolute atomic E-state index is 11.3. The van der Waals surface area contributed by atoms with Gasteiger partial charge in [0.2, 0.25) is 5.91 Å². The molecule has 0 atom stereocenters. The van der Waals surface area contributed by atoms with E-state index in [0.717, 1.165) is 32.1 Å². The lowest BCUT2D eigenvalue weighted by Gasteiger charge is -2.00. The Morgan fingerprint density at radius 2 is 1.32 bits per heavy atom. The van der Waals surface area contributed by atoms with Gasteiger partial charge < -0.3 is 10.4 Å². The maximum Gasteiger partial charge on any atom is 0.220 e. The van der Waals surface area contributed by atoms with Gasteiger partial charge in [0.25, 0.3) is 0 Å². The van der Waals surface area contributed by atoms with Crippen LogP contribution >= 0.6 is 0 Å². The molecule has 0 heterocycles. The van der Waals surface area contributed by atoms with E-state index in [1.54, 1.807) is 0 Å². The van der Waals surface area contributed by atoms with Crippen LogP contribution in [0.2, 0.25) is 0 Å². The van der Waals surface area contributed by atoms with Gasteiger partial charge in [0.1, 0.15) is 0 Å². The van der Waals surface area contributed by atoms with Crippen LogP contribution in [0.3, 0.4) is 0 Å². The largest absolute Gasteiger partial charge is 0.395 e. The molecule has 0 fully saturated rings. The summed E-state index contributed by atoms with van der Waals surface area (Å²) in [6.07, 6.45) is 28.0. The van der Waals surface area contributed by atoms with Crippen molar-refractivity contribution in [3.05, 3.63) is 48.6 Å². The van der Waals surface area contributed by atoms with E-state index >= 15 is 0 Å². The third kappa shape index (κ3) is 20.3. The minimum atomic E-state index is 0.00289. The zero-order valence-corrected chi connectivity index (χ0v) is 16.0. The molecular weight excluding hydrogens is 310 g/mol.